The Morgan fingerprint density at radius 3 is 2.63 bits per heavy atom. The zero-order valence-electron chi connectivity index (χ0n) is 12.8. The van der Waals surface area contributed by atoms with Gasteiger partial charge in [-0.25, -0.2) is 0 Å². The van der Waals surface area contributed by atoms with Crippen LogP contribution < -0.4 is 5.32 Å². The van der Waals surface area contributed by atoms with Crippen LogP contribution in [0.25, 0.3) is 0 Å². The number of carbonyl (C=O) groups excluding carboxylic acids is 1. The van der Waals surface area contributed by atoms with Gasteiger partial charge in [-0.2, -0.15) is 0 Å². The number of nitrogens with zero attached hydrogens (tertiary/aromatic N) is 3. The number of carbonyl (C=O) groups is 1. The molecule has 5 heteroatoms. The normalized spacial score (nSPS) is 17.0. The monoisotopic (exact) mass is 270 g/mol. The van der Waals surface area contributed by atoms with Crippen LogP contribution in [0.15, 0.2) is 0 Å². The fourth-order valence-corrected chi connectivity index (χ4v) is 2.31. The van der Waals surface area contributed by atoms with Crippen LogP contribution in [0.2, 0.25) is 0 Å². The molecule has 19 heavy (non-hydrogen) atoms. The summed E-state index contributed by atoms with van der Waals surface area (Å²) in [5.74, 6) is 0.288. The average Bonchev–Trinajstić information content (AvgIpc) is 2.65. The molecule has 1 saturated heterocycles. The van der Waals surface area contributed by atoms with Crippen molar-refractivity contribution in [3.05, 3.63) is 0 Å². The highest BCUT2D eigenvalue weighted by molar-refractivity contribution is 5.78. The van der Waals surface area contributed by atoms with E-state index >= 15 is 0 Å². The smallest absolute Gasteiger partial charge is 0.236 e. The molecule has 0 unspecified atom stereocenters. The Morgan fingerprint density at radius 1 is 1.16 bits per heavy atom. The molecule has 1 heterocycles. The lowest BCUT2D eigenvalue weighted by atomic mass is 10.3. The van der Waals surface area contributed by atoms with Gasteiger partial charge in [-0.1, -0.05) is 6.92 Å². The first-order chi connectivity index (χ1) is 9.13. The molecule has 1 amide bonds. The molecule has 1 fully saturated rings. The Balaban J connectivity index is 2.40. The second-order valence-corrected chi connectivity index (χ2v) is 5.56. The molecule has 0 aromatic heterocycles. The van der Waals surface area contributed by atoms with E-state index in [-0.39, 0.29) is 5.91 Å². The van der Waals surface area contributed by atoms with Crippen LogP contribution >= 0.6 is 0 Å². The summed E-state index contributed by atoms with van der Waals surface area (Å²) in [4.78, 5) is 18.8. The zero-order valence-corrected chi connectivity index (χ0v) is 12.8. The highest BCUT2D eigenvalue weighted by Gasteiger charge is 2.18. The standard InChI is InChI=1S/C14H30N4O/c1-4-8-17(12-11-16(2)3)13-14(19)18-9-5-6-15-7-10-18/h15H,4-13H2,1-3H3. The van der Waals surface area contributed by atoms with Gasteiger partial charge in [0.2, 0.25) is 5.91 Å². The van der Waals surface area contributed by atoms with Crippen molar-refractivity contribution in [1.29, 1.82) is 0 Å². The summed E-state index contributed by atoms with van der Waals surface area (Å²) in [6.07, 6.45) is 2.17. The van der Waals surface area contributed by atoms with Crippen LogP contribution in [0, 0.1) is 0 Å². The highest BCUT2D eigenvalue weighted by atomic mass is 16.2. The summed E-state index contributed by atoms with van der Waals surface area (Å²) in [6, 6.07) is 0. The zero-order chi connectivity index (χ0) is 14.1. The maximum Gasteiger partial charge on any atom is 0.236 e. The quantitative estimate of drug-likeness (QED) is 0.711. The Bertz CT molecular complexity index is 250. The van der Waals surface area contributed by atoms with Crippen molar-refractivity contribution in [3.8, 4) is 0 Å². The number of hydrogen-bond acceptors (Lipinski definition) is 4. The largest absolute Gasteiger partial charge is 0.340 e. The molecule has 112 valence electrons. The van der Waals surface area contributed by atoms with Crippen LogP contribution in [-0.2, 0) is 4.79 Å². The van der Waals surface area contributed by atoms with Crippen LogP contribution in [0.5, 0.6) is 0 Å². The first-order valence-corrected chi connectivity index (χ1v) is 7.49. The number of amides is 1. The van der Waals surface area contributed by atoms with E-state index in [1.54, 1.807) is 0 Å². The molecule has 0 aliphatic carbocycles. The second kappa shape index (κ2) is 9.28. The van der Waals surface area contributed by atoms with Crippen molar-refractivity contribution >= 4 is 5.91 Å². The number of hydrogen-bond donors (Lipinski definition) is 1. The van der Waals surface area contributed by atoms with E-state index in [0.717, 1.165) is 58.7 Å². The second-order valence-electron chi connectivity index (χ2n) is 5.56. The molecule has 0 radical (unpaired) electrons. The van der Waals surface area contributed by atoms with Gasteiger partial charge in [-0.05, 0) is 40.0 Å². The van der Waals surface area contributed by atoms with Crippen molar-refractivity contribution < 1.29 is 4.79 Å². The van der Waals surface area contributed by atoms with E-state index in [2.05, 4.69) is 36.1 Å². The van der Waals surface area contributed by atoms with Crippen molar-refractivity contribution in [2.45, 2.75) is 19.8 Å². The Hall–Kier alpha value is -0.650. The van der Waals surface area contributed by atoms with Crippen LogP contribution in [0.1, 0.15) is 19.8 Å². The average molecular weight is 270 g/mol. The minimum atomic E-state index is 0.288. The molecule has 0 atom stereocenters. The van der Waals surface area contributed by atoms with Gasteiger partial charge < -0.3 is 15.1 Å². The Kier molecular flexibility index (Phi) is 8.02. The number of nitrogens with one attached hydrogen (secondary N) is 1. The van der Waals surface area contributed by atoms with Crippen molar-refractivity contribution in [3.63, 3.8) is 0 Å². The minimum Gasteiger partial charge on any atom is -0.340 e. The summed E-state index contributed by atoms with van der Waals surface area (Å²) in [5.41, 5.74) is 0. The van der Waals surface area contributed by atoms with Gasteiger partial charge in [0, 0.05) is 32.7 Å². The molecule has 0 saturated carbocycles. The Morgan fingerprint density at radius 2 is 1.95 bits per heavy atom. The van der Waals surface area contributed by atoms with Gasteiger partial charge in [0.05, 0.1) is 6.54 Å². The molecule has 0 spiro atoms. The van der Waals surface area contributed by atoms with Gasteiger partial charge in [-0.3, -0.25) is 9.69 Å². The summed E-state index contributed by atoms with van der Waals surface area (Å²) in [6.45, 7) is 9.44. The number of likely N-dealkylation sites (N-methyl/N-ethyl adjacent to an activating group) is 1. The highest BCUT2D eigenvalue weighted by Crippen LogP contribution is 2.00. The summed E-state index contributed by atoms with van der Waals surface area (Å²) in [7, 11) is 4.15. The molecule has 5 nitrogen and oxygen atoms in total. The molecule has 1 aliphatic heterocycles. The molecular weight excluding hydrogens is 240 g/mol. The lowest BCUT2D eigenvalue weighted by Gasteiger charge is -2.27. The van der Waals surface area contributed by atoms with Crippen molar-refractivity contribution in [2.24, 2.45) is 0 Å². The van der Waals surface area contributed by atoms with E-state index < -0.39 is 0 Å². The summed E-state index contributed by atoms with van der Waals surface area (Å²) < 4.78 is 0. The van der Waals surface area contributed by atoms with E-state index in [1.165, 1.54) is 0 Å². The van der Waals surface area contributed by atoms with E-state index in [0.29, 0.717) is 6.54 Å². The molecule has 1 rings (SSSR count). The minimum absolute atomic E-state index is 0.288. The summed E-state index contributed by atoms with van der Waals surface area (Å²) in [5, 5.41) is 3.34. The van der Waals surface area contributed by atoms with E-state index in [1.807, 2.05) is 4.90 Å². The molecule has 0 aromatic rings. The topological polar surface area (TPSA) is 38.8 Å². The maximum atomic E-state index is 12.3. The third kappa shape index (κ3) is 6.89. The molecule has 1 aliphatic rings. The SMILES string of the molecule is CCCN(CCN(C)C)CC(=O)N1CCCNCC1. The maximum absolute atomic E-state index is 12.3. The molecular formula is C14H30N4O. The van der Waals surface area contributed by atoms with E-state index in [9.17, 15) is 4.79 Å². The van der Waals surface area contributed by atoms with Gasteiger partial charge in [-0.15, -0.1) is 0 Å². The number of rotatable bonds is 7. The van der Waals surface area contributed by atoms with Crippen LogP contribution in [0.3, 0.4) is 0 Å². The summed E-state index contributed by atoms with van der Waals surface area (Å²) >= 11 is 0. The molecule has 1 N–H and O–H groups in total. The van der Waals surface area contributed by atoms with Gasteiger partial charge >= 0.3 is 0 Å². The lowest BCUT2D eigenvalue weighted by molar-refractivity contribution is -0.132. The van der Waals surface area contributed by atoms with E-state index in [4.69, 9.17) is 0 Å². The predicted molar refractivity (Wildman–Crippen MR) is 79.4 cm³/mol. The fourth-order valence-electron chi connectivity index (χ4n) is 2.31. The first-order valence-electron chi connectivity index (χ1n) is 7.49. The van der Waals surface area contributed by atoms with Crippen molar-refractivity contribution in [1.82, 2.24) is 20.0 Å². The molecule has 0 bridgehead atoms. The lowest BCUT2D eigenvalue weighted by Crippen LogP contribution is -2.43. The molecule has 0 aromatic carbocycles. The van der Waals surface area contributed by atoms with Crippen LogP contribution in [-0.4, -0.2) is 87.1 Å². The van der Waals surface area contributed by atoms with Gasteiger partial charge in [0.15, 0.2) is 0 Å². The predicted octanol–water partition coefficient (Wildman–Crippen LogP) is 0.0819. The fraction of sp³-hybridized carbons (Fsp3) is 0.929. The first kappa shape index (κ1) is 16.4. The Labute approximate surface area is 117 Å². The van der Waals surface area contributed by atoms with Crippen molar-refractivity contribution in [2.75, 3.05) is 66.5 Å². The van der Waals surface area contributed by atoms with Gasteiger partial charge in [0.25, 0.3) is 0 Å². The van der Waals surface area contributed by atoms with Crippen LogP contribution in [0.4, 0.5) is 0 Å². The third-order valence-electron chi connectivity index (χ3n) is 3.45. The van der Waals surface area contributed by atoms with Gasteiger partial charge in [0.1, 0.15) is 0 Å². The third-order valence-corrected chi connectivity index (χ3v) is 3.45.